The summed E-state index contributed by atoms with van der Waals surface area (Å²) in [5.41, 5.74) is 7.04. The summed E-state index contributed by atoms with van der Waals surface area (Å²) in [7, 11) is 2.19. The summed E-state index contributed by atoms with van der Waals surface area (Å²) in [5, 5.41) is 20.9. The molecule has 214 valence electrons. The molecular formula is C33H33ClN6O2. The van der Waals surface area contributed by atoms with Crippen molar-refractivity contribution < 1.29 is 9.90 Å². The number of carbonyl (C=O) groups is 1. The van der Waals surface area contributed by atoms with Gasteiger partial charge in [-0.3, -0.25) is 4.79 Å². The third-order valence-corrected chi connectivity index (χ3v) is 8.82. The third-order valence-electron chi connectivity index (χ3n) is 8.52. The molecule has 1 amide bonds. The molecule has 2 fully saturated rings. The molecule has 0 radical (unpaired) electrons. The predicted octanol–water partition coefficient (Wildman–Crippen LogP) is 5.69. The number of anilines is 3. The van der Waals surface area contributed by atoms with E-state index >= 15 is 0 Å². The van der Waals surface area contributed by atoms with Crippen molar-refractivity contribution >= 4 is 34.6 Å². The number of benzene rings is 3. The highest BCUT2D eigenvalue weighted by atomic mass is 35.5. The molecule has 1 atom stereocenters. The molecule has 0 aliphatic carbocycles. The number of nitrogens with one attached hydrogen (secondary N) is 3. The van der Waals surface area contributed by atoms with E-state index in [1.165, 1.54) is 31.7 Å². The van der Waals surface area contributed by atoms with E-state index in [0.29, 0.717) is 21.7 Å². The maximum atomic E-state index is 13.2. The Balaban J connectivity index is 0.993. The smallest absolute Gasteiger partial charge is 0.255 e. The Morgan fingerprint density at radius 3 is 2.67 bits per heavy atom. The summed E-state index contributed by atoms with van der Waals surface area (Å²) < 4.78 is 0. The molecule has 0 saturated carbocycles. The van der Waals surface area contributed by atoms with Crippen LogP contribution in [0, 0.1) is 5.41 Å². The predicted molar refractivity (Wildman–Crippen MR) is 167 cm³/mol. The number of nitrogens with zero attached hydrogens (tertiary/aromatic N) is 3. The van der Waals surface area contributed by atoms with Crippen LogP contribution < -0.4 is 16.0 Å². The van der Waals surface area contributed by atoms with Crippen LogP contribution in [0.15, 0.2) is 79.0 Å². The van der Waals surface area contributed by atoms with E-state index < -0.39 is 0 Å². The number of fused-ring (bicyclic) bond motifs is 1. The lowest BCUT2D eigenvalue weighted by Crippen LogP contribution is -2.71. The molecule has 3 aliphatic heterocycles. The van der Waals surface area contributed by atoms with E-state index in [2.05, 4.69) is 49.9 Å². The monoisotopic (exact) mass is 580 g/mol. The minimum absolute atomic E-state index is 0.152. The molecule has 4 heterocycles. The van der Waals surface area contributed by atoms with Crippen molar-refractivity contribution in [2.75, 3.05) is 55.7 Å². The van der Waals surface area contributed by atoms with Crippen LogP contribution in [-0.4, -0.2) is 65.6 Å². The van der Waals surface area contributed by atoms with E-state index in [1.807, 2.05) is 48.5 Å². The zero-order valence-corrected chi connectivity index (χ0v) is 24.2. The second-order valence-corrected chi connectivity index (χ2v) is 12.2. The van der Waals surface area contributed by atoms with Gasteiger partial charge in [0.2, 0.25) is 0 Å². The molecule has 0 bridgehead atoms. The number of carbonyl (C=O) groups excluding carboxylic acids is 1. The van der Waals surface area contributed by atoms with E-state index in [-0.39, 0.29) is 17.8 Å². The second-order valence-electron chi connectivity index (χ2n) is 11.9. The highest BCUT2D eigenvalue weighted by Crippen LogP contribution is 2.41. The van der Waals surface area contributed by atoms with Gasteiger partial charge in [0.1, 0.15) is 17.1 Å². The fourth-order valence-electron chi connectivity index (χ4n) is 6.64. The largest absolute Gasteiger partial charge is 0.508 e. The number of hydrogen-bond acceptors (Lipinski definition) is 7. The van der Waals surface area contributed by atoms with Gasteiger partial charge in [0.15, 0.2) is 0 Å². The SMILES string of the molecule is CN1CC2(C1)CN(CCc1cccc(NC(=O)c3ccc4c(c3)NC(c3cc(-c5cccnc5Cl)ccc3O)N4)c1)C2. The molecule has 8 nitrogen and oxygen atoms in total. The Hall–Kier alpha value is -4.11. The minimum Gasteiger partial charge on any atom is -0.508 e. The van der Waals surface area contributed by atoms with Crippen molar-refractivity contribution in [3.63, 3.8) is 0 Å². The van der Waals surface area contributed by atoms with Crippen molar-refractivity contribution in [2.45, 2.75) is 12.6 Å². The van der Waals surface area contributed by atoms with Crippen molar-refractivity contribution in [1.29, 1.82) is 0 Å². The lowest BCUT2D eigenvalue weighted by Gasteiger charge is -2.59. The first kappa shape index (κ1) is 26.8. The van der Waals surface area contributed by atoms with Gasteiger partial charge < -0.3 is 30.9 Å². The fraction of sp³-hybridized carbons (Fsp3) is 0.273. The average molecular weight is 581 g/mol. The van der Waals surface area contributed by atoms with Gasteiger partial charge >= 0.3 is 0 Å². The first-order valence-corrected chi connectivity index (χ1v) is 14.6. The standard InChI is InChI=1S/C33H33ClN6O2/c1-39-17-33(18-39)19-40(20-33)13-11-21-4-2-5-24(14-21)36-32(42)23-7-9-27-28(16-23)38-31(37-27)26-15-22(8-10-29(26)41)25-6-3-12-35-30(25)34/h2-10,12,14-16,31,37-38,41H,11,13,17-20H2,1H3,(H,36,42). The lowest BCUT2D eigenvalue weighted by atomic mass is 9.73. The molecule has 1 unspecified atom stereocenters. The number of amides is 1. The number of aromatic nitrogens is 1. The van der Waals surface area contributed by atoms with Crippen LogP contribution in [0.1, 0.15) is 27.7 Å². The van der Waals surface area contributed by atoms with Crippen molar-refractivity contribution in [3.8, 4) is 16.9 Å². The van der Waals surface area contributed by atoms with E-state index in [1.54, 1.807) is 18.3 Å². The molecule has 2 saturated heterocycles. The van der Waals surface area contributed by atoms with Crippen molar-refractivity contribution in [1.82, 2.24) is 14.8 Å². The Morgan fingerprint density at radius 1 is 1.02 bits per heavy atom. The number of rotatable bonds is 7. The number of pyridine rings is 1. The Morgan fingerprint density at radius 2 is 1.86 bits per heavy atom. The summed E-state index contributed by atoms with van der Waals surface area (Å²) in [6.45, 7) is 5.87. The first-order valence-electron chi connectivity index (χ1n) is 14.3. The number of aromatic hydroxyl groups is 1. The zero-order valence-electron chi connectivity index (χ0n) is 23.4. The quantitative estimate of drug-likeness (QED) is 0.209. The summed E-state index contributed by atoms with van der Waals surface area (Å²) in [6.07, 6.45) is 2.23. The van der Waals surface area contributed by atoms with Crippen LogP contribution in [0.3, 0.4) is 0 Å². The fourth-order valence-corrected chi connectivity index (χ4v) is 6.87. The number of phenolic OH excluding ortho intramolecular Hbond substituents is 1. The van der Waals surface area contributed by atoms with E-state index in [0.717, 1.165) is 41.2 Å². The molecule has 9 heteroatoms. The van der Waals surface area contributed by atoms with Crippen molar-refractivity contribution in [3.05, 3.63) is 101 Å². The number of hydrogen-bond donors (Lipinski definition) is 4. The molecule has 3 aromatic carbocycles. The van der Waals surface area contributed by atoms with Crippen molar-refractivity contribution in [2.24, 2.45) is 5.41 Å². The summed E-state index contributed by atoms with van der Waals surface area (Å²) >= 11 is 6.31. The van der Waals surface area contributed by atoms with Gasteiger partial charge in [-0.15, -0.1) is 0 Å². The molecule has 1 spiro atoms. The Bertz CT molecular complexity index is 1660. The van der Waals surface area contributed by atoms with Gasteiger partial charge in [-0.2, -0.15) is 0 Å². The zero-order chi connectivity index (χ0) is 28.8. The lowest BCUT2D eigenvalue weighted by molar-refractivity contribution is -0.103. The number of halogens is 1. The van der Waals surface area contributed by atoms with Gasteiger partial charge in [0.05, 0.1) is 11.4 Å². The maximum absolute atomic E-state index is 13.2. The van der Waals surface area contributed by atoms with Gasteiger partial charge in [-0.25, -0.2) is 4.98 Å². The molecule has 4 aromatic rings. The minimum atomic E-state index is -0.378. The van der Waals surface area contributed by atoms with Crippen LogP contribution in [-0.2, 0) is 6.42 Å². The third kappa shape index (κ3) is 5.17. The number of phenols is 1. The molecule has 4 N–H and O–H groups in total. The van der Waals surface area contributed by atoms with Crippen LogP contribution in [0.2, 0.25) is 5.15 Å². The highest BCUT2D eigenvalue weighted by Gasteiger charge is 2.49. The highest BCUT2D eigenvalue weighted by molar-refractivity contribution is 6.32. The van der Waals surface area contributed by atoms with Gasteiger partial charge in [-0.05, 0) is 79.2 Å². The van der Waals surface area contributed by atoms with Crippen LogP contribution in [0.5, 0.6) is 5.75 Å². The van der Waals surface area contributed by atoms with E-state index in [9.17, 15) is 9.90 Å². The van der Waals surface area contributed by atoms with Gasteiger partial charge in [-0.1, -0.05) is 29.8 Å². The second kappa shape index (κ2) is 10.6. The topological polar surface area (TPSA) is 92.8 Å². The summed E-state index contributed by atoms with van der Waals surface area (Å²) in [4.78, 5) is 22.3. The Labute approximate surface area is 250 Å². The molecule has 7 rings (SSSR count). The van der Waals surface area contributed by atoms with E-state index in [4.69, 9.17) is 11.6 Å². The maximum Gasteiger partial charge on any atom is 0.255 e. The summed E-state index contributed by atoms with van der Waals surface area (Å²) in [5.74, 6) is -0.0197. The molecular weight excluding hydrogens is 548 g/mol. The van der Waals surface area contributed by atoms with Gasteiger partial charge in [0.25, 0.3) is 5.91 Å². The molecule has 42 heavy (non-hydrogen) atoms. The Kier molecular flexibility index (Phi) is 6.77. The molecule has 3 aliphatic rings. The first-order chi connectivity index (χ1) is 20.3. The average Bonchev–Trinajstić information content (AvgIpc) is 3.38. The van der Waals surface area contributed by atoms with Crippen LogP contribution in [0.25, 0.3) is 11.1 Å². The summed E-state index contributed by atoms with van der Waals surface area (Å²) in [6, 6.07) is 22.7. The normalized spacial score (nSPS) is 18.9. The molecule has 1 aromatic heterocycles. The van der Waals surface area contributed by atoms with Crippen LogP contribution in [0.4, 0.5) is 17.1 Å². The van der Waals surface area contributed by atoms with Gasteiger partial charge in [0, 0.05) is 66.7 Å². The van der Waals surface area contributed by atoms with Crippen LogP contribution >= 0.6 is 11.6 Å². The number of likely N-dealkylation sites (tertiary alicyclic amines) is 2.